The number of thiophene rings is 1. The molecule has 0 aromatic carbocycles. The minimum atomic E-state index is 0.464. The van der Waals surface area contributed by atoms with E-state index in [0.717, 1.165) is 15.1 Å². The van der Waals surface area contributed by atoms with Gasteiger partial charge in [-0.2, -0.15) is 0 Å². The highest BCUT2D eigenvalue weighted by atomic mass is 35.5. The number of hydrogen-bond donors (Lipinski definition) is 0. The molecule has 0 aliphatic heterocycles. The van der Waals surface area contributed by atoms with Crippen LogP contribution in [0.1, 0.15) is 4.88 Å². The lowest BCUT2D eigenvalue weighted by atomic mass is 10.4. The zero-order valence-electron chi connectivity index (χ0n) is 5.91. The van der Waals surface area contributed by atoms with Crippen LogP contribution in [-0.2, 0) is 0 Å². The van der Waals surface area contributed by atoms with Crippen LogP contribution in [0.2, 0.25) is 5.15 Å². The minimum absolute atomic E-state index is 0.464. The molecule has 12 heavy (non-hydrogen) atoms. The van der Waals surface area contributed by atoms with E-state index in [1.165, 1.54) is 17.7 Å². The third-order valence-corrected chi connectivity index (χ3v) is 2.87. The monoisotopic (exact) mass is 194 g/mol. The van der Waals surface area contributed by atoms with Crippen LogP contribution in [0, 0.1) is 12.3 Å². The van der Waals surface area contributed by atoms with Crippen molar-refractivity contribution in [1.29, 1.82) is 0 Å². The van der Waals surface area contributed by atoms with Gasteiger partial charge < -0.3 is 0 Å². The van der Waals surface area contributed by atoms with E-state index >= 15 is 0 Å². The molecule has 0 aliphatic carbocycles. The molecule has 2 aromatic heterocycles. The fourth-order valence-corrected chi connectivity index (χ4v) is 1.96. The van der Waals surface area contributed by atoms with Crippen LogP contribution in [0.4, 0.5) is 0 Å². The summed E-state index contributed by atoms with van der Waals surface area (Å²) >= 11 is 7.25. The van der Waals surface area contributed by atoms with E-state index < -0.39 is 0 Å². The van der Waals surface area contributed by atoms with E-state index in [1.807, 2.05) is 6.07 Å². The van der Waals surface area contributed by atoms with Crippen molar-refractivity contribution in [3.05, 3.63) is 22.4 Å². The molecule has 58 valence electrons. The number of rotatable bonds is 0. The molecule has 0 bridgehead atoms. The highest BCUT2D eigenvalue weighted by molar-refractivity contribution is 7.20. The van der Waals surface area contributed by atoms with Gasteiger partial charge in [-0.25, -0.2) is 9.97 Å². The summed E-state index contributed by atoms with van der Waals surface area (Å²) in [5.41, 5.74) is 0.813. The van der Waals surface area contributed by atoms with Crippen LogP contribution in [0.3, 0.4) is 0 Å². The summed E-state index contributed by atoms with van der Waals surface area (Å²) in [7, 11) is 0. The van der Waals surface area contributed by atoms with E-state index in [-0.39, 0.29) is 0 Å². The third-order valence-electron chi connectivity index (χ3n) is 1.41. The Bertz CT molecular complexity index is 469. The Labute approximate surface area is 78.2 Å². The molecule has 0 amide bonds. The van der Waals surface area contributed by atoms with Crippen molar-refractivity contribution in [2.24, 2.45) is 0 Å². The van der Waals surface area contributed by atoms with Gasteiger partial charge in [-0.05, 0) is 6.07 Å². The molecule has 0 unspecified atom stereocenters. The molecule has 0 spiro atoms. The molecule has 4 heteroatoms. The van der Waals surface area contributed by atoms with Crippen molar-refractivity contribution in [2.75, 3.05) is 0 Å². The van der Waals surface area contributed by atoms with Gasteiger partial charge in [0.05, 0.1) is 15.1 Å². The van der Waals surface area contributed by atoms with Crippen LogP contribution in [0.5, 0.6) is 0 Å². The van der Waals surface area contributed by atoms with E-state index in [4.69, 9.17) is 18.0 Å². The molecule has 0 radical (unpaired) electrons. The summed E-state index contributed by atoms with van der Waals surface area (Å²) in [6.07, 6.45) is 6.66. The first-order valence-electron chi connectivity index (χ1n) is 3.18. The van der Waals surface area contributed by atoms with Crippen molar-refractivity contribution in [3.8, 4) is 12.3 Å². The lowest BCUT2D eigenvalue weighted by Gasteiger charge is -1.87. The second kappa shape index (κ2) is 2.74. The predicted octanol–water partition coefficient (Wildman–Crippen LogP) is 2.33. The standard InChI is InChI=1S/C8H3ClN2S/c1-2-5-3-6-7(12-5)8(9)11-4-10-6/h1,3-4H. The molecule has 0 fully saturated rings. The number of nitrogens with zero attached hydrogens (tertiary/aromatic N) is 2. The summed E-state index contributed by atoms with van der Waals surface area (Å²) in [5, 5.41) is 0.464. The Morgan fingerprint density at radius 1 is 1.50 bits per heavy atom. The van der Waals surface area contributed by atoms with E-state index in [1.54, 1.807) is 0 Å². The smallest absolute Gasteiger partial charge is 0.150 e. The molecule has 2 nitrogen and oxygen atoms in total. The summed E-state index contributed by atoms with van der Waals surface area (Å²) < 4.78 is 0.854. The Morgan fingerprint density at radius 2 is 2.33 bits per heavy atom. The van der Waals surface area contributed by atoms with Gasteiger partial charge >= 0.3 is 0 Å². The Hall–Kier alpha value is -1.11. The van der Waals surface area contributed by atoms with Gasteiger partial charge in [-0.3, -0.25) is 0 Å². The summed E-state index contributed by atoms with van der Waals surface area (Å²) in [4.78, 5) is 8.71. The van der Waals surface area contributed by atoms with Crippen LogP contribution >= 0.6 is 22.9 Å². The second-order valence-corrected chi connectivity index (χ2v) is 3.54. The van der Waals surface area contributed by atoms with Gasteiger partial charge in [0.25, 0.3) is 0 Å². The number of fused-ring (bicyclic) bond motifs is 1. The second-order valence-electron chi connectivity index (χ2n) is 2.13. The zero-order chi connectivity index (χ0) is 8.55. The SMILES string of the molecule is C#Cc1cc2ncnc(Cl)c2s1. The van der Waals surface area contributed by atoms with E-state index in [9.17, 15) is 0 Å². The topological polar surface area (TPSA) is 25.8 Å². The van der Waals surface area contributed by atoms with Crippen LogP contribution in [-0.4, -0.2) is 9.97 Å². The minimum Gasteiger partial charge on any atom is -0.235 e. The fourth-order valence-electron chi connectivity index (χ4n) is 0.897. The third kappa shape index (κ3) is 1.06. The number of aromatic nitrogens is 2. The van der Waals surface area contributed by atoms with Crippen LogP contribution in [0.25, 0.3) is 10.2 Å². The van der Waals surface area contributed by atoms with E-state index in [2.05, 4.69) is 15.9 Å². The molecule has 2 aromatic rings. The van der Waals surface area contributed by atoms with E-state index in [0.29, 0.717) is 5.15 Å². The van der Waals surface area contributed by atoms with Gasteiger partial charge in [-0.15, -0.1) is 17.8 Å². The van der Waals surface area contributed by atoms with Crippen molar-refractivity contribution >= 4 is 33.2 Å². The first-order chi connectivity index (χ1) is 5.81. The van der Waals surface area contributed by atoms with Crippen molar-refractivity contribution in [3.63, 3.8) is 0 Å². The maximum absolute atomic E-state index is 5.82. The first-order valence-corrected chi connectivity index (χ1v) is 4.37. The maximum atomic E-state index is 5.82. The van der Waals surface area contributed by atoms with Crippen molar-refractivity contribution in [2.45, 2.75) is 0 Å². The summed E-state index contributed by atoms with van der Waals surface area (Å²) in [6.45, 7) is 0. The van der Waals surface area contributed by atoms with Gasteiger partial charge in [0, 0.05) is 0 Å². The predicted molar refractivity (Wildman–Crippen MR) is 50.4 cm³/mol. The Morgan fingerprint density at radius 3 is 3.00 bits per heavy atom. The highest BCUT2D eigenvalue weighted by Gasteiger charge is 2.04. The Kier molecular flexibility index (Phi) is 1.72. The number of hydrogen-bond acceptors (Lipinski definition) is 3. The van der Waals surface area contributed by atoms with Gasteiger partial charge in [0.15, 0.2) is 0 Å². The zero-order valence-corrected chi connectivity index (χ0v) is 7.49. The molecule has 2 rings (SSSR count). The van der Waals surface area contributed by atoms with Crippen LogP contribution in [0.15, 0.2) is 12.4 Å². The molecule has 0 aliphatic rings. The molecule has 0 saturated carbocycles. The summed E-state index contributed by atoms with van der Waals surface area (Å²) in [5.74, 6) is 2.54. The Balaban J connectivity index is 2.85. The number of halogens is 1. The van der Waals surface area contributed by atoms with Crippen molar-refractivity contribution in [1.82, 2.24) is 9.97 Å². The van der Waals surface area contributed by atoms with Gasteiger partial charge in [-0.1, -0.05) is 17.5 Å². The number of terminal acetylenes is 1. The molecular weight excluding hydrogens is 192 g/mol. The van der Waals surface area contributed by atoms with Crippen molar-refractivity contribution < 1.29 is 0 Å². The lowest BCUT2D eigenvalue weighted by Crippen LogP contribution is -1.76. The normalized spacial score (nSPS) is 10.0. The van der Waals surface area contributed by atoms with Crippen LogP contribution < -0.4 is 0 Å². The lowest BCUT2D eigenvalue weighted by molar-refractivity contribution is 1.23. The largest absolute Gasteiger partial charge is 0.235 e. The quantitative estimate of drug-likeness (QED) is 0.475. The molecule has 0 N–H and O–H groups in total. The molecular formula is C8H3ClN2S. The van der Waals surface area contributed by atoms with Gasteiger partial charge in [0.1, 0.15) is 11.5 Å². The summed E-state index contributed by atoms with van der Waals surface area (Å²) in [6, 6.07) is 1.83. The first kappa shape index (κ1) is 7.53. The average molecular weight is 195 g/mol. The fraction of sp³-hybridized carbons (Fsp3) is 0. The average Bonchev–Trinajstić information content (AvgIpc) is 2.49. The van der Waals surface area contributed by atoms with Gasteiger partial charge in [0.2, 0.25) is 0 Å². The molecule has 0 saturated heterocycles. The molecule has 0 atom stereocenters. The molecule has 2 heterocycles. The maximum Gasteiger partial charge on any atom is 0.150 e. The highest BCUT2D eigenvalue weighted by Crippen LogP contribution is 2.27.